The van der Waals surface area contributed by atoms with Gasteiger partial charge in [-0.1, -0.05) is 0 Å². The predicted molar refractivity (Wildman–Crippen MR) is 118 cm³/mol. The molecule has 0 aliphatic rings. The van der Waals surface area contributed by atoms with Crippen LogP contribution in [0.3, 0.4) is 0 Å². The summed E-state index contributed by atoms with van der Waals surface area (Å²) >= 11 is 5.38. The molecule has 0 atom stereocenters. The van der Waals surface area contributed by atoms with Gasteiger partial charge >= 0.3 is 186 Å². The van der Waals surface area contributed by atoms with Gasteiger partial charge in [0, 0.05) is 0 Å². The maximum atomic E-state index is 12.9. The molecule has 0 saturated heterocycles. The molecule has 1 radical (unpaired) electrons. The predicted octanol–water partition coefficient (Wildman–Crippen LogP) is 4.39. The monoisotopic (exact) mass is 484 g/mol. The van der Waals surface area contributed by atoms with E-state index >= 15 is 0 Å². The Labute approximate surface area is 186 Å². The van der Waals surface area contributed by atoms with Crippen LogP contribution < -0.4 is 5.32 Å². The molecule has 1 amide bonds. The zero-order valence-corrected chi connectivity index (χ0v) is 19.1. The molecule has 1 aromatic heterocycles. The molecule has 0 saturated carbocycles. The number of carbonyl (C=O) groups excluding carboxylic acids is 1. The average Bonchev–Trinajstić information content (AvgIpc) is 3.01. The first kappa shape index (κ1) is 21.9. The number of rotatable bonds is 6. The molecule has 0 aliphatic heterocycles. The standard InChI is InChI=1S/C22H20AsClN3O3/c1-13-11-19(14(2)27(13)18-9-7-17(24)8-10-18)20(28)23-12-15-3-5-16(6-4-15)21(25)26-22(29)30/h3-11H,12H2,1-2H3,(H2,25,26)(H,29,30). The van der Waals surface area contributed by atoms with Crippen molar-refractivity contribution in [3.8, 4) is 5.69 Å². The van der Waals surface area contributed by atoms with Crippen LogP contribution in [0.15, 0.2) is 54.6 Å². The van der Waals surface area contributed by atoms with Gasteiger partial charge in [-0.2, -0.15) is 0 Å². The van der Waals surface area contributed by atoms with Crippen molar-refractivity contribution in [2.75, 3.05) is 0 Å². The number of hydrogen-bond donors (Lipinski definition) is 3. The van der Waals surface area contributed by atoms with E-state index < -0.39 is 21.8 Å². The van der Waals surface area contributed by atoms with Gasteiger partial charge in [-0.15, -0.1) is 0 Å². The van der Waals surface area contributed by atoms with Crippen molar-refractivity contribution >= 4 is 43.9 Å². The van der Waals surface area contributed by atoms with Crippen LogP contribution in [-0.2, 0) is 5.21 Å². The fourth-order valence-corrected chi connectivity index (χ4v) is 5.26. The third kappa shape index (κ3) is 5.01. The summed E-state index contributed by atoms with van der Waals surface area (Å²) in [6.07, 6.45) is -1.27. The Hall–Kier alpha value is -2.82. The zero-order valence-electron chi connectivity index (χ0n) is 16.4. The molecule has 0 spiro atoms. The molecule has 30 heavy (non-hydrogen) atoms. The second-order valence-corrected chi connectivity index (χ2v) is 9.34. The number of nitrogens with zero attached hydrogens (tertiary/aromatic N) is 1. The molecule has 3 rings (SSSR count). The van der Waals surface area contributed by atoms with Crippen molar-refractivity contribution in [2.45, 2.75) is 19.1 Å². The molecule has 0 bridgehead atoms. The van der Waals surface area contributed by atoms with Gasteiger partial charge < -0.3 is 0 Å². The van der Waals surface area contributed by atoms with Crippen LogP contribution in [0.4, 0.5) is 4.79 Å². The van der Waals surface area contributed by atoms with E-state index in [4.69, 9.17) is 22.1 Å². The minimum atomic E-state index is -1.27. The van der Waals surface area contributed by atoms with Crippen LogP contribution in [0.1, 0.15) is 32.9 Å². The van der Waals surface area contributed by atoms with Gasteiger partial charge in [0.1, 0.15) is 0 Å². The van der Waals surface area contributed by atoms with Gasteiger partial charge in [0.15, 0.2) is 0 Å². The van der Waals surface area contributed by atoms with Crippen LogP contribution in [0.2, 0.25) is 5.02 Å². The molecule has 8 heteroatoms. The number of aromatic nitrogens is 1. The van der Waals surface area contributed by atoms with Crippen LogP contribution in [0.5, 0.6) is 0 Å². The zero-order chi connectivity index (χ0) is 21.8. The van der Waals surface area contributed by atoms with Gasteiger partial charge in [0.2, 0.25) is 0 Å². The third-order valence-corrected chi connectivity index (χ3v) is 7.08. The fourth-order valence-electron chi connectivity index (χ4n) is 3.17. The Morgan fingerprint density at radius 2 is 1.73 bits per heavy atom. The Kier molecular flexibility index (Phi) is 6.80. The van der Waals surface area contributed by atoms with Gasteiger partial charge in [0.05, 0.1) is 0 Å². The summed E-state index contributed by atoms with van der Waals surface area (Å²) in [6.45, 7) is 3.93. The van der Waals surface area contributed by atoms with E-state index in [0.29, 0.717) is 15.8 Å². The first-order chi connectivity index (χ1) is 14.3. The van der Waals surface area contributed by atoms with Gasteiger partial charge in [-0.3, -0.25) is 0 Å². The van der Waals surface area contributed by atoms with Crippen molar-refractivity contribution < 1.29 is 14.7 Å². The Balaban J connectivity index is 1.70. The van der Waals surface area contributed by atoms with Crippen LogP contribution in [-0.4, -0.2) is 41.9 Å². The van der Waals surface area contributed by atoms with Crippen molar-refractivity contribution in [3.63, 3.8) is 0 Å². The SMILES string of the molecule is Cc1cc(C(=O)[As]Cc2ccc(C(=N)NC(=O)O)cc2)c(C)n1-c1ccc(Cl)cc1. The molecule has 153 valence electrons. The normalized spacial score (nSPS) is 11.0. The molecule has 0 fully saturated rings. The molecule has 0 aliphatic carbocycles. The van der Waals surface area contributed by atoms with Gasteiger partial charge in [-0.25, -0.2) is 0 Å². The van der Waals surface area contributed by atoms with Crippen molar-refractivity contribution in [1.82, 2.24) is 9.88 Å². The molecule has 3 N–H and O–H groups in total. The summed E-state index contributed by atoms with van der Waals surface area (Å²) in [6, 6.07) is 16.5. The van der Waals surface area contributed by atoms with E-state index in [1.54, 1.807) is 12.1 Å². The first-order valence-electron chi connectivity index (χ1n) is 9.11. The summed E-state index contributed by atoms with van der Waals surface area (Å²) in [4.78, 5) is 23.5. The molecule has 0 unspecified atom stereocenters. The number of benzene rings is 2. The summed E-state index contributed by atoms with van der Waals surface area (Å²) in [5.41, 5.74) is 5.09. The molecule has 6 nitrogen and oxygen atoms in total. The average molecular weight is 485 g/mol. The molecular formula is C22H20AsClN3O3. The summed E-state index contributed by atoms with van der Waals surface area (Å²) in [7, 11) is 0. The summed E-state index contributed by atoms with van der Waals surface area (Å²) in [5, 5.41) is 19.7. The summed E-state index contributed by atoms with van der Waals surface area (Å²) in [5.74, 6) is -0.173. The van der Waals surface area contributed by atoms with Crippen LogP contribution >= 0.6 is 11.6 Å². The summed E-state index contributed by atoms with van der Waals surface area (Å²) < 4.78 is 2.21. The number of carbonyl (C=O) groups is 2. The topological polar surface area (TPSA) is 95.2 Å². The van der Waals surface area contributed by atoms with Gasteiger partial charge in [-0.05, 0) is 0 Å². The molecule has 2 aromatic carbocycles. The third-order valence-electron chi connectivity index (χ3n) is 4.63. The van der Waals surface area contributed by atoms with Crippen molar-refractivity contribution in [1.29, 1.82) is 5.41 Å². The molecule has 3 aromatic rings. The number of amidine groups is 1. The minimum absolute atomic E-state index is 0.156. The van der Waals surface area contributed by atoms with Gasteiger partial charge in [0.25, 0.3) is 0 Å². The van der Waals surface area contributed by atoms with Crippen molar-refractivity contribution in [3.05, 3.63) is 87.7 Å². The first-order valence-corrected chi connectivity index (χ1v) is 11.7. The fraction of sp³-hybridized carbons (Fsp3) is 0.136. The maximum absolute atomic E-state index is 12.9. The number of hydrogen-bond acceptors (Lipinski definition) is 3. The number of carboxylic acid groups (broad SMARTS) is 1. The Morgan fingerprint density at radius 3 is 2.33 bits per heavy atom. The van der Waals surface area contributed by atoms with Crippen molar-refractivity contribution in [2.24, 2.45) is 0 Å². The Morgan fingerprint density at radius 1 is 1.10 bits per heavy atom. The van der Waals surface area contributed by atoms with E-state index in [1.807, 2.05) is 61.6 Å². The van der Waals surface area contributed by atoms with E-state index in [9.17, 15) is 9.59 Å². The number of nitrogens with one attached hydrogen (secondary N) is 2. The van der Waals surface area contributed by atoms with Crippen LogP contribution in [0, 0.1) is 19.3 Å². The van der Waals surface area contributed by atoms with Crippen LogP contribution in [0.25, 0.3) is 5.69 Å². The molecule has 1 heterocycles. The second-order valence-electron chi connectivity index (χ2n) is 6.72. The second kappa shape index (κ2) is 9.33. The Bertz CT molecular complexity index is 1110. The van der Waals surface area contributed by atoms with E-state index in [0.717, 1.165) is 28.2 Å². The number of amides is 1. The quantitative estimate of drug-likeness (QED) is 0.275. The number of halogens is 1. The molecular weight excluding hydrogens is 465 g/mol. The van der Waals surface area contributed by atoms with E-state index in [-0.39, 0.29) is 10.4 Å². The van der Waals surface area contributed by atoms with E-state index in [2.05, 4.69) is 4.57 Å². The number of aryl methyl sites for hydroxylation is 1. The van der Waals surface area contributed by atoms with E-state index in [1.165, 1.54) is 0 Å².